The van der Waals surface area contributed by atoms with Crippen molar-refractivity contribution in [1.82, 2.24) is 4.31 Å². The maximum absolute atomic E-state index is 12.7. The van der Waals surface area contributed by atoms with Crippen LogP contribution in [0.2, 0.25) is 5.02 Å². The number of hydrogen-bond donors (Lipinski definition) is 0. The molecule has 1 saturated heterocycles. The second-order valence-corrected chi connectivity index (χ2v) is 7.34. The van der Waals surface area contributed by atoms with Gasteiger partial charge in [0.15, 0.2) is 0 Å². The maximum Gasteiger partial charge on any atom is 0.289 e. The average Bonchev–Trinajstić information content (AvgIpc) is 2.47. The molecule has 116 valence electrons. The van der Waals surface area contributed by atoms with Gasteiger partial charge in [0.2, 0.25) is 10.0 Å². The molecule has 1 heterocycles. The molecule has 0 amide bonds. The molecule has 1 aliphatic heterocycles. The zero-order chi connectivity index (χ0) is 15.6. The Hall–Kier alpha value is -1.18. The monoisotopic (exact) mass is 332 g/mol. The van der Waals surface area contributed by atoms with Crippen LogP contribution < -0.4 is 0 Å². The van der Waals surface area contributed by atoms with Gasteiger partial charge >= 0.3 is 0 Å². The molecular weight excluding hydrogens is 316 g/mol. The van der Waals surface area contributed by atoms with E-state index in [0.29, 0.717) is 6.54 Å². The van der Waals surface area contributed by atoms with E-state index in [2.05, 4.69) is 0 Å². The fourth-order valence-corrected chi connectivity index (χ4v) is 4.60. The molecule has 1 aliphatic rings. The van der Waals surface area contributed by atoms with Crippen molar-refractivity contribution in [2.24, 2.45) is 0 Å². The Bertz CT molecular complexity index is 648. The van der Waals surface area contributed by atoms with Crippen LogP contribution in [0.15, 0.2) is 23.1 Å². The standard InChI is InChI=1S/C13H17ClN2O4S/c1-2-10-5-3-4-8-15(10)21(19,20)11-6-7-12(14)13(9-11)16(17)18/h6-7,9-10H,2-5,8H2,1H3. The quantitative estimate of drug-likeness (QED) is 0.626. The Morgan fingerprint density at radius 2 is 2.14 bits per heavy atom. The fraction of sp³-hybridized carbons (Fsp3) is 0.538. The van der Waals surface area contributed by atoms with E-state index in [1.165, 1.54) is 16.4 Å². The highest BCUT2D eigenvalue weighted by molar-refractivity contribution is 7.89. The Morgan fingerprint density at radius 1 is 1.43 bits per heavy atom. The van der Waals surface area contributed by atoms with Crippen LogP contribution in [-0.4, -0.2) is 30.2 Å². The highest BCUT2D eigenvalue weighted by Gasteiger charge is 2.33. The smallest absolute Gasteiger partial charge is 0.258 e. The highest BCUT2D eigenvalue weighted by Crippen LogP contribution is 2.31. The van der Waals surface area contributed by atoms with Gasteiger partial charge in [-0.3, -0.25) is 10.1 Å². The van der Waals surface area contributed by atoms with Crippen molar-refractivity contribution < 1.29 is 13.3 Å². The molecule has 1 atom stereocenters. The van der Waals surface area contributed by atoms with Crippen LogP contribution in [0.5, 0.6) is 0 Å². The number of nitrogens with zero attached hydrogens (tertiary/aromatic N) is 2. The molecule has 0 saturated carbocycles. The van der Waals surface area contributed by atoms with E-state index >= 15 is 0 Å². The molecule has 1 fully saturated rings. The largest absolute Gasteiger partial charge is 0.289 e. The van der Waals surface area contributed by atoms with E-state index in [-0.39, 0.29) is 21.6 Å². The molecule has 0 radical (unpaired) electrons. The molecule has 6 nitrogen and oxygen atoms in total. The molecule has 21 heavy (non-hydrogen) atoms. The van der Waals surface area contributed by atoms with Crippen LogP contribution >= 0.6 is 11.6 Å². The number of halogens is 1. The van der Waals surface area contributed by atoms with Gasteiger partial charge in [0.25, 0.3) is 5.69 Å². The number of nitro benzene ring substituents is 1. The van der Waals surface area contributed by atoms with Crippen molar-refractivity contribution in [2.45, 2.75) is 43.5 Å². The van der Waals surface area contributed by atoms with Crippen molar-refractivity contribution in [3.05, 3.63) is 33.3 Å². The summed E-state index contributed by atoms with van der Waals surface area (Å²) in [6.45, 7) is 2.40. The first-order valence-corrected chi connectivity index (χ1v) is 8.65. The van der Waals surface area contributed by atoms with Gasteiger partial charge in [0.05, 0.1) is 9.82 Å². The molecule has 2 rings (SSSR count). The van der Waals surface area contributed by atoms with Gasteiger partial charge in [-0.25, -0.2) is 8.42 Å². The average molecular weight is 333 g/mol. The van der Waals surface area contributed by atoms with E-state index in [4.69, 9.17) is 11.6 Å². The lowest BCUT2D eigenvalue weighted by molar-refractivity contribution is -0.384. The third-order valence-corrected chi connectivity index (χ3v) is 6.03. The van der Waals surface area contributed by atoms with Crippen molar-refractivity contribution >= 4 is 27.3 Å². The summed E-state index contributed by atoms with van der Waals surface area (Å²) in [7, 11) is -3.73. The van der Waals surface area contributed by atoms with Crippen LogP contribution in [-0.2, 0) is 10.0 Å². The summed E-state index contributed by atoms with van der Waals surface area (Å²) in [4.78, 5) is 10.2. The summed E-state index contributed by atoms with van der Waals surface area (Å²) in [6, 6.07) is 3.58. The zero-order valence-electron chi connectivity index (χ0n) is 11.7. The van der Waals surface area contributed by atoms with Crippen LogP contribution in [0.3, 0.4) is 0 Å². The highest BCUT2D eigenvalue weighted by atomic mass is 35.5. The minimum absolute atomic E-state index is 0.0431. The normalized spacial score (nSPS) is 20.4. The topological polar surface area (TPSA) is 80.5 Å². The number of piperidine rings is 1. The first kappa shape index (κ1) is 16.2. The molecular formula is C13H17ClN2O4S. The number of hydrogen-bond acceptors (Lipinski definition) is 4. The third-order valence-electron chi connectivity index (χ3n) is 3.77. The maximum atomic E-state index is 12.7. The van der Waals surface area contributed by atoms with E-state index in [0.717, 1.165) is 31.7 Å². The summed E-state index contributed by atoms with van der Waals surface area (Å²) in [6.07, 6.45) is 3.37. The summed E-state index contributed by atoms with van der Waals surface area (Å²) in [5.74, 6) is 0. The van der Waals surface area contributed by atoms with Crippen molar-refractivity contribution in [3.8, 4) is 0 Å². The van der Waals surface area contributed by atoms with Gasteiger partial charge in [-0.05, 0) is 31.4 Å². The zero-order valence-corrected chi connectivity index (χ0v) is 13.2. The molecule has 0 bridgehead atoms. The van der Waals surface area contributed by atoms with Crippen LogP contribution in [0, 0.1) is 10.1 Å². The van der Waals surface area contributed by atoms with Gasteiger partial charge in [0, 0.05) is 18.7 Å². The lowest BCUT2D eigenvalue weighted by Gasteiger charge is -2.34. The molecule has 0 aromatic heterocycles. The SMILES string of the molecule is CCC1CCCCN1S(=O)(=O)c1ccc(Cl)c([N+](=O)[O-])c1. The van der Waals surface area contributed by atoms with Gasteiger partial charge < -0.3 is 0 Å². The van der Waals surface area contributed by atoms with Crippen molar-refractivity contribution in [1.29, 1.82) is 0 Å². The number of benzene rings is 1. The molecule has 0 aliphatic carbocycles. The van der Waals surface area contributed by atoms with E-state index in [1.807, 2.05) is 6.92 Å². The molecule has 1 unspecified atom stereocenters. The van der Waals surface area contributed by atoms with E-state index in [1.54, 1.807) is 0 Å². The van der Waals surface area contributed by atoms with Gasteiger partial charge in [0.1, 0.15) is 5.02 Å². The number of nitro groups is 1. The van der Waals surface area contributed by atoms with Crippen molar-refractivity contribution in [2.75, 3.05) is 6.54 Å². The minimum Gasteiger partial charge on any atom is -0.258 e. The molecule has 1 aromatic carbocycles. The van der Waals surface area contributed by atoms with Gasteiger partial charge in [-0.2, -0.15) is 4.31 Å². The summed E-state index contributed by atoms with van der Waals surface area (Å²) < 4.78 is 26.9. The molecule has 0 spiro atoms. The Kier molecular flexibility index (Phi) is 4.85. The minimum atomic E-state index is -3.73. The van der Waals surface area contributed by atoms with E-state index in [9.17, 15) is 18.5 Å². The summed E-state index contributed by atoms with van der Waals surface area (Å²) in [5, 5.41) is 10.8. The third kappa shape index (κ3) is 3.20. The second-order valence-electron chi connectivity index (χ2n) is 5.04. The van der Waals surface area contributed by atoms with Crippen LogP contribution in [0.25, 0.3) is 0 Å². The molecule has 1 aromatic rings. The molecule has 0 N–H and O–H groups in total. The van der Waals surface area contributed by atoms with Crippen LogP contribution in [0.1, 0.15) is 32.6 Å². The first-order valence-electron chi connectivity index (χ1n) is 6.83. The number of sulfonamides is 1. The van der Waals surface area contributed by atoms with E-state index < -0.39 is 14.9 Å². The van der Waals surface area contributed by atoms with Gasteiger partial charge in [-0.1, -0.05) is 24.9 Å². The Morgan fingerprint density at radius 3 is 2.76 bits per heavy atom. The summed E-state index contributed by atoms with van der Waals surface area (Å²) >= 11 is 5.73. The summed E-state index contributed by atoms with van der Waals surface area (Å²) in [5.41, 5.74) is -0.386. The lowest BCUT2D eigenvalue weighted by Crippen LogP contribution is -2.43. The van der Waals surface area contributed by atoms with Gasteiger partial charge in [-0.15, -0.1) is 0 Å². The first-order chi connectivity index (χ1) is 9.87. The predicted molar refractivity (Wildman–Crippen MR) is 79.9 cm³/mol. The second kappa shape index (κ2) is 6.29. The van der Waals surface area contributed by atoms with Crippen molar-refractivity contribution in [3.63, 3.8) is 0 Å². The lowest BCUT2D eigenvalue weighted by atomic mass is 10.0. The number of rotatable bonds is 4. The fourth-order valence-electron chi connectivity index (χ4n) is 2.63. The predicted octanol–water partition coefficient (Wildman–Crippen LogP) is 3.20. The van der Waals surface area contributed by atoms with Crippen LogP contribution in [0.4, 0.5) is 5.69 Å². The molecule has 8 heteroatoms. The Balaban J connectivity index is 2.43. The Labute approximate surface area is 128 Å².